The molecule has 2 rings (SSSR count). The van der Waals surface area contributed by atoms with Gasteiger partial charge in [0.2, 0.25) is 0 Å². The largest absolute Gasteiger partial charge is 0.478 e. The van der Waals surface area contributed by atoms with E-state index in [-0.39, 0.29) is 12.6 Å². The molecular weight excluding hydrogens is 158 g/mol. The van der Waals surface area contributed by atoms with Gasteiger partial charge in [0.1, 0.15) is 0 Å². The molecule has 0 spiro atoms. The van der Waals surface area contributed by atoms with Crippen LogP contribution >= 0.6 is 0 Å². The number of fused-ring (bicyclic) bond motifs is 1. The molecule has 62 valence electrons. The number of hydrogen-bond donors (Lipinski definition) is 1. The monoisotopic (exact) mass is 165 g/mol. The summed E-state index contributed by atoms with van der Waals surface area (Å²) < 4.78 is 9.93. The smallest absolute Gasteiger partial charge is 0.349 e. The molecule has 12 heavy (non-hydrogen) atoms. The highest BCUT2D eigenvalue weighted by atomic mass is 16.6. The van der Waals surface area contributed by atoms with Crippen molar-refractivity contribution in [3.8, 4) is 11.5 Å². The van der Waals surface area contributed by atoms with Crippen LogP contribution in [0.25, 0.3) is 0 Å². The Morgan fingerprint density at radius 3 is 3.00 bits per heavy atom. The molecule has 1 aliphatic heterocycles. The number of esters is 1. The van der Waals surface area contributed by atoms with Gasteiger partial charge in [0.05, 0.1) is 0 Å². The van der Waals surface area contributed by atoms with E-state index in [1.807, 2.05) is 0 Å². The van der Waals surface area contributed by atoms with Crippen molar-refractivity contribution in [1.29, 1.82) is 0 Å². The molecule has 1 heterocycles. The van der Waals surface area contributed by atoms with Crippen molar-refractivity contribution >= 4 is 11.7 Å². The highest BCUT2D eigenvalue weighted by Gasteiger charge is 2.17. The zero-order chi connectivity index (χ0) is 8.55. The number of benzene rings is 1. The summed E-state index contributed by atoms with van der Waals surface area (Å²) in [5, 5.41) is 0. The minimum Gasteiger partial charge on any atom is -0.478 e. The molecule has 1 aliphatic rings. The first-order chi connectivity index (χ1) is 5.75. The van der Waals surface area contributed by atoms with Gasteiger partial charge in [0, 0.05) is 11.8 Å². The molecule has 1 aromatic carbocycles. The van der Waals surface area contributed by atoms with Gasteiger partial charge < -0.3 is 15.2 Å². The first kappa shape index (κ1) is 6.97. The standard InChI is InChI=1S/C8H7NO3/c9-5-1-2-6-7(3-5)11-4-8(10)12-6/h1-3H,4,9H2. The fraction of sp³-hybridized carbons (Fsp3) is 0.125. The van der Waals surface area contributed by atoms with Crippen LogP contribution < -0.4 is 15.2 Å². The van der Waals surface area contributed by atoms with E-state index >= 15 is 0 Å². The third kappa shape index (κ3) is 1.07. The minimum absolute atomic E-state index is 0.0452. The lowest BCUT2D eigenvalue weighted by atomic mass is 10.3. The molecule has 0 radical (unpaired) electrons. The summed E-state index contributed by atoms with van der Waals surface area (Å²) in [6.45, 7) is -0.0452. The molecule has 0 amide bonds. The number of nitrogens with two attached hydrogens (primary N) is 1. The van der Waals surface area contributed by atoms with E-state index < -0.39 is 0 Å². The number of nitrogen functional groups attached to an aromatic ring is 1. The SMILES string of the molecule is Nc1ccc2c(c1)OCC(=O)O2. The lowest BCUT2D eigenvalue weighted by Crippen LogP contribution is -2.22. The maximum absolute atomic E-state index is 10.7. The normalized spacial score (nSPS) is 14.5. The highest BCUT2D eigenvalue weighted by Crippen LogP contribution is 2.31. The van der Waals surface area contributed by atoms with Crippen LogP contribution in [0.2, 0.25) is 0 Å². The summed E-state index contributed by atoms with van der Waals surface area (Å²) in [5.41, 5.74) is 6.09. The van der Waals surface area contributed by atoms with Gasteiger partial charge in [-0.1, -0.05) is 0 Å². The third-order valence-electron chi connectivity index (χ3n) is 1.54. The molecule has 0 saturated heterocycles. The van der Waals surface area contributed by atoms with Gasteiger partial charge in [0.15, 0.2) is 18.1 Å². The summed E-state index contributed by atoms with van der Waals surface area (Å²) in [4.78, 5) is 10.7. The number of carbonyl (C=O) groups excluding carboxylic acids is 1. The Kier molecular flexibility index (Phi) is 1.40. The molecule has 1 aromatic rings. The molecular formula is C8H7NO3. The summed E-state index contributed by atoms with van der Waals surface area (Å²) in [7, 11) is 0. The molecule has 0 unspecified atom stereocenters. The van der Waals surface area contributed by atoms with Crippen molar-refractivity contribution in [2.75, 3.05) is 12.3 Å². The molecule has 4 heteroatoms. The van der Waals surface area contributed by atoms with Crippen molar-refractivity contribution in [2.24, 2.45) is 0 Å². The third-order valence-corrected chi connectivity index (χ3v) is 1.54. The van der Waals surface area contributed by atoms with E-state index in [1.165, 1.54) is 0 Å². The second kappa shape index (κ2) is 2.41. The zero-order valence-corrected chi connectivity index (χ0v) is 6.24. The number of anilines is 1. The average molecular weight is 165 g/mol. The van der Waals surface area contributed by atoms with Crippen LogP contribution in [-0.4, -0.2) is 12.6 Å². The Bertz CT molecular complexity index is 335. The van der Waals surface area contributed by atoms with E-state index in [0.29, 0.717) is 17.2 Å². The summed E-state index contributed by atoms with van der Waals surface area (Å²) in [6, 6.07) is 4.89. The quantitative estimate of drug-likeness (QED) is 0.347. The fourth-order valence-corrected chi connectivity index (χ4v) is 1.01. The van der Waals surface area contributed by atoms with Gasteiger partial charge in [-0.3, -0.25) is 0 Å². The first-order valence-corrected chi connectivity index (χ1v) is 3.49. The Morgan fingerprint density at radius 2 is 2.17 bits per heavy atom. The predicted molar refractivity (Wildman–Crippen MR) is 42.0 cm³/mol. The Labute approximate surface area is 68.9 Å². The molecule has 4 nitrogen and oxygen atoms in total. The highest BCUT2D eigenvalue weighted by molar-refractivity contribution is 5.77. The summed E-state index contributed by atoms with van der Waals surface area (Å²) in [5.74, 6) is 0.572. The van der Waals surface area contributed by atoms with Gasteiger partial charge in [-0.25, -0.2) is 4.79 Å². The number of carbonyl (C=O) groups is 1. The van der Waals surface area contributed by atoms with E-state index in [1.54, 1.807) is 18.2 Å². The molecule has 0 bridgehead atoms. The van der Waals surface area contributed by atoms with E-state index in [4.69, 9.17) is 15.2 Å². The van der Waals surface area contributed by atoms with Crippen LogP contribution in [0.15, 0.2) is 18.2 Å². The topological polar surface area (TPSA) is 61.5 Å². The minimum atomic E-state index is -0.382. The fourth-order valence-electron chi connectivity index (χ4n) is 1.01. The predicted octanol–water partition coefficient (Wildman–Crippen LogP) is 0.567. The van der Waals surface area contributed by atoms with Gasteiger partial charge in [0.25, 0.3) is 0 Å². The molecule has 0 aromatic heterocycles. The van der Waals surface area contributed by atoms with Crippen LogP contribution in [0.1, 0.15) is 0 Å². The van der Waals surface area contributed by atoms with Gasteiger partial charge in [-0.05, 0) is 12.1 Å². The van der Waals surface area contributed by atoms with Gasteiger partial charge in [-0.2, -0.15) is 0 Å². The number of ether oxygens (including phenoxy) is 2. The Balaban J connectivity index is 2.43. The molecule has 0 atom stereocenters. The molecule has 2 N–H and O–H groups in total. The van der Waals surface area contributed by atoms with Crippen LogP contribution in [0.5, 0.6) is 11.5 Å². The molecule has 0 fully saturated rings. The van der Waals surface area contributed by atoms with Crippen LogP contribution in [-0.2, 0) is 4.79 Å². The molecule has 0 saturated carbocycles. The second-order valence-corrected chi connectivity index (χ2v) is 2.47. The summed E-state index contributed by atoms with van der Waals surface area (Å²) >= 11 is 0. The van der Waals surface area contributed by atoms with Crippen LogP contribution in [0, 0.1) is 0 Å². The van der Waals surface area contributed by atoms with Crippen molar-refractivity contribution in [3.63, 3.8) is 0 Å². The van der Waals surface area contributed by atoms with E-state index in [9.17, 15) is 4.79 Å². The van der Waals surface area contributed by atoms with Crippen molar-refractivity contribution in [3.05, 3.63) is 18.2 Å². The first-order valence-electron chi connectivity index (χ1n) is 3.49. The zero-order valence-electron chi connectivity index (χ0n) is 6.24. The van der Waals surface area contributed by atoms with Gasteiger partial charge >= 0.3 is 5.97 Å². The number of hydrogen-bond acceptors (Lipinski definition) is 4. The van der Waals surface area contributed by atoms with Crippen molar-refractivity contribution < 1.29 is 14.3 Å². The summed E-state index contributed by atoms with van der Waals surface area (Å²) in [6.07, 6.45) is 0. The lowest BCUT2D eigenvalue weighted by molar-refractivity contribution is -0.138. The van der Waals surface area contributed by atoms with Crippen LogP contribution in [0.3, 0.4) is 0 Å². The lowest BCUT2D eigenvalue weighted by Gasteiger charge is -2.16. The second-order valence-electron chi connectivity index (χ2n) is 2.47. The molecule has 0 aliphatic carbocycles. The maximum atomic E-state index is 10.7. The van der Waals surface area contributed by atoms with E-state index in [2.05, 4.69) is 0 Å². The van der Waals surface area contributed by atoms with Crippen molar-refractivity contribution in [2.45, 2.75) is 0 Å². The van der Waals surface area contributed by atoms with Crippen molar-refractivity contribution in [1.82, 2.24) is 0 Å². The van der Waals surface area contributed by atoms with Gasteiger partial charge in [-0.15, -0.1) is 0 Å². The number of rotatable bonds is 0. The average Bonchev–Trinajstić information content (AvgIpc) is 2.05. The Morgan fingerprint density at radius 1 is 1.33 bits per heavy atom. The Hall–Kier alpha value is -1.71. The van der Waals surface area contributed by atoms with Crippen LogP contribution in [0.4, 0.5) is 5.69 Å². The van der Waals surface area contributed by atoms with E-state index in [0.717, 1.165) is 0 Å². The maximum Gasteiger partial charge on any atom is 0.349 e.